The molecule has 5 heteroatoms. The first-order chi connectivity index (χ1) is 12.5. The Balaban J connectivity index is 1.69. The second-order valence-electron chi connectivity index (χ2n) is 7.11. The highest BCUT2D eigenvalue weighted by molar-refractivity contribution is 5.41. The van der Waals surface area contributed by atoms with Crippen molar-refractivity contribution in [3.63, 3.8) is 0 Å². The van der Waals surface area contributed by atoms with Crippen molar-refractivity contribution in [1.29, 1.82) is 0 Å². The number of methoxy groups -OCH3 is 1. The van der Waals surface area contributed by atoms with Gasteiger partial charge in [-0.2, -0.15) is 0 Å². The van der Waals surface area contributed by atoms with Crippen LogP contribution in [0.25, 0.3) is 0 Å². The molecule has 0 saturated heterocycles. The summed E-state index contributed by atoms with van der Waals surface area (Å²) in [5.41, 5.74) is 3.85. The van der Waals surface area contributed by atoms with Crippen LogP contribution in [0.1, 0.15) is 16.7 Å². The van der Waals surface area contributed by atoms with Gasteiger partial charge in [0.05, 0.1) is 7.11 Å². The molecule has 2 aromatic carbocycles. The highest BCUT2D eigenvalue weighted by atomic mass is 16.5. The molecule has 5 nitrogen and oxygen atoms in total. The van der Waals surface area contributed by atoms with E-state index in [1.54, 1.807) is 7.11 Å². The molecule has 0 amide bonds. The molecule has 1 atom stereocenters. The number of aliphatic hydroxyl groups excluding tert-OH is 1. The van der Waals surface area contributed by atoms with Crippen LogP contribution in [0, 0.1) is 0 Å². The minimum Gasteiger partial charge on any atom is -0.497 e. The zero-order valence-corrected chi connectivity index (χ0v) is 15.8. The Hall–Kier alpha value is -2.08. The third kappa shape index (κ3) is 4.75. The third-order valence-corrected chi connectivity index (χ3v) is 4.58. The van der Waals surface area contributed by atoms with E-state index in [4.69, 9.17) is 9.47 Å². The van der Waals surface area contributed by atoms with E-state index >= 15 is 0 Å². The van der Waals surface area contributed by atoms with Crippen LogP contribution in [0.3, 0.4) is 0 Å². The zero-order chi connectivity index (χ0) is 18.5. The van der Waals surface area contributed by atoms with Gasteiger partial charge in [-0.3, -0.25) is 4.90 Å². The Kier molecular flexibility index (Phi) is 6.14. The van der Waals surface area contributed by atoms with E-state index in [1.807, 2.05) is 37.2 Å². The lowest BCUT2D eigenvalue weighted by molar-refractivity contribution is 0.0822. The first-order valence-electron chi connectivity index (χ1n) is 8.97. The standard InChI is InChI=1S/C21H28N2O3/c1-22(2)14-19(24)15-26-21-9-8-20(25-3)10-18(21)13-23-11-16-6-4-5-7-17(16)12-23/h4-10,19,24H,11-15H2,1-3H3/t19-/m1/s1. The molecule has 0 bridgehead atoms. The van der Waals surface area contributed by atoms with Crippen molar-refractivity contribution in [1.82, 2.24) is 9.80 Å². The summed E-state index contributed by atoms with van der Waals surface area (Å²) in [5, 5.41) is 10.1. The Bertz CT molecular complexity index is 708. The van der Waals surface area contributed by atoms with Crippen LogP contribution in [-0.4, -0.2) is 55.4 Å². The number of ether oxygens (including phenoxy) is 2. The van der Waals surface area contributed by atoms with Crippen molar-refractivity contribution in [2.75, 3.05) is 34.4 Å². The number of fused-ring (bicyclic) bond motifs is 1. The van der Waals surface area contributed by atoms with Crippen LogP contribution in [-0.2, 0) is 19.6 Å². The van der Waals surface area contributed by atoms with Crippen LogP contribution in [0.15, 0.2) is 42.5 Å². The Morgan fingerprint density at radius 2 is 1.81 bits per heavy atom. The summed E-state index contributed by atoms with van der Waals surface area (Å²) in [6, 6.07) is 14.4. The van der Waals surface area contributed by atoms with Crippen molar-refractivity contribution in [2.45, 2.75) is 25.7 Å². The second-order valence-corrected chi connectivity index (χ2v) is 7.11. The zero-order valence-electron chi connectivity index (χ0n) is 15.8. The number of rotatable bonds is 8. The molecular weight excluding hydrogens is 328 g/mol. The normalized spacial score (nSPS) is 15.1. The maximum Gasteiger partial charge on any atom is 0.124 e. The minimum atomic E-state index is -0.518. The first kappa shape index (κ1) is 18.7. The Morgan fingerprint density at radius 1 is 1.12 bits per heavy atom. The lowest BCUT2D eigenvalue weighted by atomic mass is 10.1. The lowest BCUT2D eigenvalue weighted by Crippen LogP contribution is -2.30. The quantitative estimate of drug-likeness (QED) is 0.787. The second kappa shape index (κ2) is 8.54. The van der Waals surface area contributed by atoms with Crippen molar-refractivity contribution < 1.29 is 14.6 Å². The molecule has 0 aromatic heterocycles. The van der Waals surface area contributed by atoms with E-state index in [2.05, 4.69) is 29.2 Å². The fourth-order valence-electron chi connectivity index (χ4n) is 3.36. The molecular formula is C21H28N2O3. The van der Waals surface area contributed by atoms with E-state index in [1.165, 1.54) is 11.1 Å². The topological polar surface area (TPSA) is 45.2 Å². The number of likely N-dealkylation sites (N-methyl/N-ethyl adjacent to an activating group) is 1. The number of hydrogen-bond donors (Lipinski definition) is 1. The number of benzene rings is 2. The average Bonchev–Trinajstić information content (AvgIpc) is 3.02. The molecule has 1 N–H and O–H groups in total. The van der Waals surface area contributed by atoms with Gasteiger partial charge in [0.1, 0.15) is 24.2 Å². The van der Waals surface area contributed by atoms with Gasteiger partial charge in [-0.15, -0.1) is 0 Å². The van der Waals surface area contributed by atoms with Gasteiger partial charge in [0.2, 0.25) is 0 Å². The van der Waals surface area contributed by atoms with E-state index in [0.29, 0.717) is 6.54 Å². The van der Waals surface area contributed by atoms with Crippen LogP contribution in [0.4, 0.5) is 0 Å². The van der Waals surface area contributed by atoms with Gasteiger partial charge in [-0.25, -0.2) is 0 Å². The fraction of sp³-hybridized carbons (Fsp3) is 0.429. The fourth-order valence-corrected chi connectivity index (χ4v) is 3.36. The summed E-state index contributed by atoms with van der Waals surface area (Å²) < 4.78 is 11.3. The van der Waals surface area contributed by atoms with Crippen LogP contribution in [0.5, 0.6) is 11.5 Å². The smallest absolute Gasteiger partial charge is 0.124 e. The lowest BCUT2D eigenvalue weighted by Gasteiger charge is -2.21. The molecule has 3 rings (SSSR count). The van der Waals surface area contributed by atoms with Crippen molar-refractivity contribution >= 4 is 0 Å². The van der Waals surface area contributed by atoms with Crippen LogP contribution in [0.2, 0.25) is 0 Å². The molecule has 1 heterocycles. The maximum absolute atomic E-state index is 10.1. The van der Waals surface area contributed by atoms with E-state index in [9.17, 15) is 5.11 Å². The molecule has 0 aliphatic carbocycles. The molecule has 26 heavy (non-hydrogen) atoms. The van der Waals surface area contributed by atoms with Crippen molar-refractivity contribution in [2.24, 2.45) is 0 Å². The SMILES string of the molecule is COc1ccc(OC[C@H](O)CN(C)C)c(CN2Cc3ccccc3C2)c1. The number of aliphatic hydroxyl groups is 1. The van der Waals surface area contributed by atoms with Gasteiger partial charge in [0.25, 0.3) is 0 Å². The monoisotopic (exact) mass is 356 g/mol. The van der Waals surface area contributed by atoms with Crippen LogP contribution >= 0.6 is 0 Å². The average molecular weight is 356 g/mol. The van der Waals surface area contributed by atoms with Crippen molar-refractivity contribution in [3.8, 4) is 11.5 Å². The maximum atomic E-state index is 10.1. The summed E-state index contributed by atoms with van der Waals surface area (Å²) in [5.74, 6) is 1.62. The predicted octanol–water partition coefficient (Wildman–Crippen LogP) is 2.51. The first-order valence-corrected chi connectivity index (χ1v) is 8.97. The molecule has 1 aliphatic rings. The van der Waals surface area contributed by atoms with Gasteiger partial charge < -0.3 is 19.5 Å². The number of hydrogen-bond acceptors (Lipinski definition) is 5. The van der Waals surface area contributed by atoms with E-state index in [0.717, 1.165) is 36.7 Å². The summed E-state index contributed by atoms with van der Waals surface area (Å²) >= 11 is 0. The van der Waals surface area contributed by atoms with Gasteiger partial charge in [0, 0.05) is 31.7 Å². The molecule has 0 unspecified atom stereocenters. The van der Waals surface area contributed by atoms with Crippen molar-refractivity contribution in [3.05, 3.63) is 59.2 Å². The highest BCUT2D eigenvalue weighted by Crippen LogP contribution is 2.29. The third-order valence-electron chi connectivity index (χ3n) is 4.58. The van der Waals surface area contributed by atoms with Gasteiger partial charge in [0.15, 0.2) is 0 Å². The summed E-state index contributed by atoms with van der Waals surface area (Å²) in [7, 11) is 5.55. The summed E-state index contributed by atoms with van der Waals surface area (Å²) in [6.07, 6.45) is -0.518. The molecule has 140 valence electrons. The van der Waals surface area contributed by atoms with Gasteiger partial charge >= 0.3 is 0 Å². The Labute approximate surface area is 155 Å². The molecule has 0 fully saturated rings. The van der Waals surface area contributed by atoms with Gasteiger partial charge in [-0.05, 0) is 43.4 Å². The summed E-state index contributed by atoms with van der Waals surface area (Å²) in [6.45, 7) is 3.52. The molecule has 1 aliphatic heterocycles. The highest BCUT2D eigenvalue weighted by Gasteiger charge is 2.20. The molecule has 0 spiro atoms. The molecule has 2 aromatic rings. The Morgan fingerprint density at radius 3 is 2.42 bits per heavy atom. The number of nitrogens with zero attached hydrogens (tertiary/aromatic N) is 2. The summed E-state index contributed by atoms with van der Waals surface area (Å²) in [4.78, 5) is 4.34. The van der Waals surface area contributed by atoms with Crippen LogP contribution < -0.4 is 9.47 Å². The largest absolute Gasteiger partial charge is 0.497 e. The minimum absolute atomic E-state index is 0.276. The molecule has 0 saturated carbocycles. The molecule has 0 radical (unpaired) electrons. The van der Waals surface area contributed by atoms with Gasteiger partial charge in [-0.1, -0.05) is 24.3 Å². The van der Waals surface area contributed by atoms with E-state index < -0.39 is 6.10 Å². The van der Waals surface area contributed by atoms with E-state index in [-0.39, 0.29) is 6.61 Å². The predicted molar refractivity (Wildman–Crippen MR) is 102 cm³/mol.